The number of carbonyl (C=O) groups is 1. The lowest BCUT2D eigenvalue weighted by atomic mass is 9.85. The maximum atomic E-state index is 13.0. The van der Waals surface area contributed by atoms with Crippen molar-refractivity contribution in [1.82, 2.24) is 4.90 Å². The van der Waals surface area contributed by atoms with E-state index in [9.17, 15) is 4.79 Å². The van der Waals surface area contributed by atoms with Crippen LogP contribution in [0, 0.1) is 12.8 Å². The summed E-state index contributed by atoms with van der Waals surface area (Å²) in [6.07, 6.45) is 2.61. The highest BCUT2D eigenvalue weighted by Gasteiger charge is 2.26. The predicted octanol–water partition coefficient (Wildman–Crippen LogP) is 4.40. The lowest BCUT2D eigenvalue weighted by Crippen LogP contribution is -2.40. The third kappa shape index (κ3) is 4.53. The van der Waals surface area contributed by atoms with Gasteiger partial charge in [-0.05, 0) is 42.4 Å². The smallest absolute Gasteiger partial charge is 0.223 e. The maximum Gasteiger partial charge on any atom is 0.223 e. The van der Waals surface area contributed by atoms with Gasteiger partial charge in [0.15, 0.2) is 0 Å². The van der Waals surface area contributed by atoms with E-state index in [0.717, 1.165) is 32.5 Å². The minimum atomic E-state index is 0.113. The summed E-state index contributed by atoms with van der Waals surface area (Å²) in [5.74, 6) is 0.963. The predicted molar refractivity (Wildman–Crippen MR) is 105 cm³/mol. The minimum Gasteiger partial charge on any atom is -0.384 e. The molecule has 0 unspecified atom stereocenters. The van der Waals surface area contributed by atoms with E-state index in [4.69, 9.17) is 4.74 Å². The molecule has 0 aliphatic carbocycles. The number of piperidine rings is 1. The molecule has 1 heterocycles. The number of methoxy groups -OCH3 is 1. The normalized spacial score (nSPS) is 16.5. The standard InChI is InChI=1S/C23H29NO2/c1-18-8-6-7-11-21(18)22(20-9-4-3-5-10-20)16-23(25)24-14-12-19(13-15-24)17-26-2/h3-11,19,22H,12-17H2,1-2H3/t22-/m0/s1. The van der Waals surface area contributed by atoms with Crippen LogP contribution in [0.3, 0.4) is 0 Å². The lowest BCUT2D eigenvalue weighted by molar-refractivity contribution is -0.133. The Balaban J connectivity index is 1.74. The van der Waals surface area contributed by atoms with Gasteiger partial charge in [0, 0.05) is 39.1 Å². The topological polar surface area (TPSA) is 29.5 Å². The molecule has 3 heteroatoms. The van der Waals surface area contributed by atoms with Crippen LogP contribution in [-0.2, 0) is 9.53 Å². The van der Waals surface area contributed by atoms with E-state index >= 15 is 0 Å². The lowest BCUT2D eigenvalue weighted by Gasteiger charge is -2.33. The zero-order chi connectivity index (χ0) is 18.4. The molecule has 0 N–H and O–H groups in total. The van der Waals surface area contributed by atoms with Crippen molar-refractivity contribution in [2.24, 2.45) is 5.92 Å². The van der Waals surface area contributed by atoms with Gasteiger partial charge < -0.3 is 9.64 Å². The van der Waals surface area contributed by atoms with Crippen molar-refractivity contribution >= 4 is 5.91 Å². The van der Waals surface area contributed by atoms with Crippen molar-refractivity contribution in [2.75, 3.05) is 26.8 Å². The molecule has 1 atom stereocenters. The van der Waals surface area contributed by atoms with E-state index < -0.39 is 0 Å². The Kier molecular flexibility index (Phi) is 6.45. The van der Waals surface area contributed by atoms with E-state index in [1.165, 1.54) is 16.7 Å². The van der Waals surface area contributed by atoms with Gasteiger partial charge in [-0.1, -0.05) is 54.6 Å². The monoisotopic (exact) mass is 351 g/mol. The molecule has 0 radical (unpaired) electrons. The molecule has 1 aliphatic heterocycles. The summed E-state index contributed by atoms with van der Waals surface area (Å²) < 4.78 is 5.27. The van der Waals surface area contributed by atoms with Crippen molar-refractivity contribution in [3.05, 3.63) is 71.3 Å². The molecule has 1 fully saturated rings. The summed E-state index contributed by atoms with van der Waals surface area (Å²) in [4.78, 5) is 15.1. The molecule has 3 rings (SSSR count). The van der Waals surface area contributed by atoms with Crippen LogP contribution in [0.15, 0.2) is 54.6 Å². The van der Waals surface area contributed by atoms with Crippen molar-refractivity contribution < 1.29 is 9.53 Å². The van der Waals surface area contributed by atoms with Crippen LogP contribution in [0.2, 0.25) is 0 Å². The van der Waals surface area contributed by atoms with Crippen LogP contribution in [-0.4, -0.2) is 37.6 Å². The van der Waals surface area contributed by atoms with Gasteiger partial charge in [-0.25, -0.2) is 0 Å². The van der Waals surface area contributed by atoms with Crippen LogP contribution in [0.1, 0.15) is 41.9 Å². The second-order valence-corrected chi connectivity index (χ2v) is 7.30. The molecular weight excluding hydrogens is 322 g/mol. The summed E-state index contributed by atoms with van der Waals surface area (Å²) >= 11 is 0. The van der Waals surface area contributed by atoms with Gasteiger partial charge in [-0.2, -0.15) is 0 Å². The van der Waals surface area contributed by atoms with E-state index in [0.29, 0.717) is 12.3 Å². The Bertz CT molecular complexity index is 705. The largest absolute Gasteiger partial charge is 0.384 e. The molecule has 3 nitrogen and oxygen atoms in total. The van der Waals surface area contributed by atoms with Gasteiger partial charge in [-0.15, -0.1) is 0 Å². The highest BCUT2D eigenvalue weighted by molar-refractivity contribution is 5.78. The van der Waals surface area contributed by atoms with Crippen molar-refractivity contribution in [2.45, 2.75) is 32.1 Å². The SMILES string of the molecule is COCC1CCN(C(=O)C[C@@H](c2ccccc2)c2ccccc2C)CC1. The molecule has 0 saturated carbocycles. The van der Waals surface area contributed by atoms with Gasteiger partial charge in [0.2, 0.25) is 5.91 Å². The molecule has 138 valence electrons. The summed E-state index contributed by atoms with van der Waals surface area (Å²) in [6, 6.07) is 18.8. The highest BCUT2D eigenvalue weighted by Crippen LogP contribution is 2.31. The zero-order valence-corrected chi connectivity index (χ0v) is 15.9. The van der Waals surface area contributed by atoms with Gasteiger partial charge in [-0.3, -0.25) is 4.79 Å². The Morgan fingerprint density at radius 1 is 1.08 bits per heavy atom. The van der Waals surface area contributed by atoms with Crippen LogP contribution >= 0.6 is 0 Å². The fourth-order valence-corrected chi connectivity index (χ4v) is 3.96. The average Bonchev–Trinajstić information content (AvgIpc) is 2.68. The van der Waals surface area contributed by atoms with Crippen LogP contribution < -0.4 is 0 Å². The first kappa shape index (κ1) is 18.7. The molecule has 0 aromatic heterocycles. The summed E-state index contributed by atoms with van der Waals surface area (Å²) in [5.41, 5.74) is 3.71. The van der Waals surface area contributed by atoms with Gasteiger partial charge in [0.25, 0.3) is 0 Å². The van der Waals surface area contributed by atoms with E-state index in [2.05, 4.69) is 55.5 Å². The third-order valence-electron chi connectivity index (χ3n) is 5.51. The third-order valence-corrected chi connectivity index (χ3v) is 5.51. The highest BCUT2D eigenvalue weighted by atomic mass is 16.5. The number of hydrogen-bond donors (Lipinski definition) is 0. The van der Waals surface area contributed by atoms with Gasteiger partial charge >= 0.3 is 0 Å². The van der Waals surface area contributed by atoms with Crippen LogP contribution in [0.25, 0.3) is 0 Å². The van der Waals surface area contributed by atoms with E-state index in [1.807, 2.05) is 11.0 Å². The number of likely N-dealkylation sites (tertiary alicyclic amines) is 1. The molecule has 1 amide bonds. The minimum absolute atomic E-state index is 0.113. The summed E-state index contributed by atoms with van der Waals surface area (Å²) in [6.45, 7) is 4.63. The fourth-order valence-electron chi connectivity index (χ4n) is 3.96. The number of amides is 1. The number of carbonyl (C=O) groups excluding carboxylic acids is 1. The maximum absolute atomic E-state index is 13.0. The Labute approximate surface area is 157 Å². The zero-order valence-electron chi connectivity index (χ0n) is 15.9. The average molecular weight is 351 g/mol. The van der Waals surface area contributed by atoms with Crippen molar-refractivity contribution in [3.8, 4) is 0 Å². The molecule has 1 saturated heterocycles. The number of aryl methyl sites for hydroxylation is 1. The Morgan fingerprint density at radius 3 is 2.38 bits per heavy atom. The van der Waals surface area contributed by atoms with E-state index in [-0.39, 0.29) is 11.8 Å². The van der Waals surface area contributed by atoms with Crippen LogP contribution in [0.4, 0.5) is 0 Å². The molecule has 1 aliphatic rings. The Morgan fingerprint density at radius 2 is 1.73 bits per heavy atom. The molecule has 2 aromatic carbocycles. The Hall–Kier alpha value is -2.13. The quantitative estimate of drug-likeness (QED) is 0.772. The molecule has 0 bridgehead atoms. The summed E-state index contributed by atoms with van der Waals surface area (Å²) in [5, 5.41) is 0. The van der Waals surface area contributed by atoms with Gasteiger partial charge in [0.1, 0.15) is 0 Å². The summed E-state index contributed by atoms with van der Waals surface area (Å²) in [7, 11) is 1.75. The molecule has 2 aromatic rings. The number of hydrogen-bond acceptors (Lipinski definition) is 2. The first-order valence-corrected chi connectivity index (χ1v) is 9.56. The number of nitrogens with zero attached hydrogens (tertiary/aromatic N) is 1. The fraction of sp³-hybridized carbons (Fsp3) is 0.435. The second kappa shape index (κ2) is 9.00. The first-order valence-electron chi connectivity index (χ1n) is 9.56. The van der Waals surface area contributed by atoms with E-state index in [1.54, 1.807) is 7.11 Å². The van der Waals surface area contributed by atoms with Crippen molar-refractivity contribution in [1.29, 1.82) is 0 Å². The number of ether oxygens (including phenoxy) is 1. The molecular formula is C23H29NO2. The van der Waals surface area contributed by atoms with Crippen LogP contribution in [0.5, 0.6) is 0 Å². The van der Waals surface area contributed by atoms with Crippen molar-refractivity contribution in [3.63, 3.8) is 0 Å². The molecule has 0 spiro atoms. The number of benzene rings is 2. The first-order chi connectivity index (χ1) is 12.7. The van der Waals surface area contributed by atoms with Gasteiger partial charge in [0.05, 0.1) is 0 Å². The molecule has 26 heavy (non-hydrogen) atoms. The second-order valence-electron chi connectivity index (χ2n) is 7.30. The number of rotatable bonds is 6.